The summed E-state index contributed by atoms with van der Waals surface area (Å²) < 4.78 is 0. The van der Waals surface area contributed by atoms with Crippen LogP contribution >= 0.6 is 22.9 Å². The second-order valence-corrected chi connectivity index (χ2v) is 4.75. The summed E-state index contributed by atoms with van der Waals surface area (Å²) in [6, 6.07) is 3.81. The molecule has 3 nitrogen and oxygen atoms in total. The van der Waals surface area contributed by atoms with Gasteiger partial charge in [0.05, 0.1) is 11.2 Å². The van der Waals surface area contributed by atoms with E-state index in [2.05, 4.69) is 27.3 Å². The molecule has 2 rings (SSSR count). The van der Waals surface area contributed by atoms with E-state index < -0.39 is 0 Å². The van der Waals surface area contributed by atoms with Crippen LogP contribution in [0.1, 0.15) is 11.3 Å². The Hall–Kier alpha value is -0.970. The summed E-state index contributed by atoms with van der Waals surface area (Å²) in [5, 5.41) is 2.60. The number of nitrogens with zero attached hydrogens (tertiary/aromatic N) is 3. The summed E-state index contributed by atoms with van der Waals surface area (Å²) in [5.74, 6) is 0. The lowest BCUT2D eigenvalue weighted by Crippen LogP contribution is -2.17. The van der Waals surface area contributed by atoms with Gasteiger partial charge in [-0.1, -0.05) is 17.7 Å². The highest BCUT2D eigenvalue weighted by Crippen LogP contribution is 2.09. The predicted octanol–water partition coefficient (Wildman–Crippen LogP) is 2.82. The summed E-state index contributed by atoms with van der Waals surface area (Å²) in [7, 11) is 2.06. The summed E-state index contributed by atoms with van der Waals surface area (Å²) in [4.78, 5) is 10.5. The maximum absolute atomic E-state index is 5.73. The van der Waals surface area contributed by atoms with Gasteiger partial charge < -0.3 is 0 Å². The Morgan fingerprint density at radius 3 is 2.81 bits per heavy atom. The molecule has 16 heavy (non-hydrogen) atoms. The first-order valence-corrected chi connectivity index (χ1v) is 6.22. The Morgan fingerprint density at radius 2 is 2.19 bits per heavy atom. The molecule has 0 fully saturated rings. The largest absolute Gasteiger partial charge is 0.296 e. The smallest absolute Gasteiger partial charge is 0.129 e. The zero-order valence-corrected chi connectivity index (χ0v) is 10.5. The Kier molecular flexibility index (Phi) is 3.88. The Bertz CT molecular complexity index is 427. The van der Waals surface area contributed by atoms with E-state index in [9.17, 15) is 0 Å². The van der Waals surface area contributed by atoms with E-state index in [0.717, 1.165) is 24.3 Å². The molecule has 0 unspecified atom stereocenters. The van der Waals surface area contributed by atoms with E-state index >= 15 is 0 Å². The Balaban J connectivity index is 1.92. The van der Waals surface area contributed by atoms with E-state index in [1.54, 1.807) is 17.5 Å². The first-order valence-electron chi connectivity index (χ1n) is 4.90. The van der Waals surface area contributed by atoms with E-state index in [-0.39, 0.29) is 0 Å². The molecule has 2 heterocycles. The van der Waals surface area contributed by atoms with Crippen molar-refractivity contribution in [3.8, 4) is 0 Å². The minimum atomic E-state index is 0.533. The number of hydrogen-bond donors (Lipinski definition) is 0. The first-order chi connectivity index (χ1) is 7.74. The summed E-state index contributed by atoms with van der Waals surface area (Å²) in [6.07, 6.45) is 1.81. The van der Waals surface area contributed by atoms with Crippen molar-refractivity contribution >= 4 is 22.9 Å². The molecule has 0 spiro atoms. The van der Waals surface area contributed by atoms with Crippen LogP contribution in [0.15, 0.2) is 29.2 Å². The van der Waals surface area contributed by atoms with Crippen LogP contribution < -0.4 is 0 Å². The number of pyridine rings is 1. The van der Waals surface area contributed by atoms with Crippen LogP contribution in [-0.2, 0) is 13.1 Å². The lowest BCUT2D eigenvalue weighted by molar-refractivity contribution is 0.315. The third-order valence-corrected chi connectivity index (χ3v) is 3.02. The maximum Gasteiger partial charge on any atom is 0.129 e. The first kappa shape index (κ1) is 11.5. The molecule has 2 aromatic rings. The molecule has 0 aliphatic rings. The molecule has 84 valence electrons. The maximum atomic E-state index is 5.73. The van der Waals surface area contributed by atoms with E-state index in [4.69, 9.17) is 11.6 Å². The molecule has 0 aliphatic heterocycles. The van der Waals surface area contributed by atoms with Crippen LogP contribution in [0.3, 0.4) is 0 Å². The van der Waals surface area contributed by atoms with Gasteiger partial charge in [-0.25, -0.2) is 9.97 Å². The molecule has 0 saturated carbocycles. The topological polar surface area (TPSA) is 29.0 Å². The highest BCUT2D eigenvalue weighted by molar-refractivity contribution is 7.07. The molecule has 0 atom stereocenters. The predicted molar refractivity (Wildman–Crippen MR) is 66.5 cm³/mol. The summed E-state index contributed by atoms with van der Waals surface area (Å²) >= 11 is 7.35. The van der Waals surface area contributed by atoms with Gasteiger partial charge >= 0.3 is 0 Å². The van der Waals surface area contributed by atoms with Gasteiger partial charge in [0.2, 0.25) is 0 Å². The molecular weight excluding hydrogens is 242 g/mol. The third-order valence-electron chi connectivity index (χ3n) is 2.16. The Labute approximate surface area is 104 Å². The third kappa shape index (κ3) is 3.27. The minimum Gasteiger partial charge on any atom is -0.296 e. The molecule has 0 radical (unpaired) electrons. The van der Waals surface area contributed by atoms with Crippen LogP contribution in [0, 0.1) is 0 Å². The van der Waals surface area contributed by atoms with Crippen molar-refractivity contribution in [3.63, 3.8) is 0 Å². The van der Waals surface area contributed by atoms with E-state index in [1.165, 1.54) is 0 Å². The van der Waals surface area contributed by atoms with Gasteiger partial charge in [-0.15, -0.1) is 11.3 Å². The normalized spacial score (nSPS) is 10.9. The van der Waals surface area contributed by atoms with Crippen LogP contribution in [0.2, 0.25) is 5.15 Å². The zero-order valence-electron chi connectivity index (χ0n) is 8.93. The fourth-order valence-electron chi connectivity index (χ4n) is 1.46. The lowest BCUT2D eigenvalue weighted by atomic mass is 10.2. The second kappa shape index (κ2) is 5.39. The van der Waals surface area contributed by atoms with Gasteiger partial charge in [0.1, 0.15) is 5.15 Å². The SMILES string of the molecule is CN(Cc1ccc(Cl)nc1)Cc1cscn1. The van der Waals surface area contributed by atoms with Crippen molar-refractivity contribution in [2.75, 3.05) is 7.05 Å². The van der Waals surface area contributed by atoms with Crippen LogP contribution in [0.25, 0.3) is 0 Å². The molecule has 0 saturated heterocycles. The van der Waals surface area contributed by atoms with Crippen LogP contribution in [0.5, 0.6) is 0 Å². The molecule has 0 bridgehead atoms. The number of halogens is 1. The molecular formula is C11H12ClN3S. The van der Waals surface area contributed by atoms with Gasteiger partial charge in [-0.2, -0.15) is 0 Å². The van der Waals surface area contributed by atoms with Crippen molar-refractivity contribution in [1.29, 1.82) is 0 Å². The van der Waals surface area contributed by atoms with Crippen LogP contribution in [0.4, 0.5) is 0 Å². The van der Waals surface area contributed by atoms with Crippen molar-refractivity contribution in [2.24, 2.45) is 0 Å². The molecule has 5 heteroatoms. The number of aromatic nitrogens is 2. The van der Waals surface area contributed by atoms with Crippen molar-refractivity contribution in [3.05, 3.63) is 45.6 Å². The highest BCUT2D eigenvalue weighted by atomic mass is 35.5. The molecule has 2 aromatic heterocycles. The Morgan fingerprint density at radius 1 is 1.31 bits per heavy atom. The summed E-state index contributed by atoms with van der Waals surface area (Å²) in [6.45, 7) is 1.70. The van der Waals surface area contributed by atoms with Crippen molar-refractivity contribution < 1.29 is 0 Å². The molecule has 0 aromatic carbocycles. The quantitative estimate of drug-likeness (QED) is 0.785. The van der Waals surface area contributed by atoms with Gasteiger partial charge in [0.15, 0.2) is 0 Å². The second-order valence-electron chi connectivity index (χ2n) is 3.64. The summed E-state index contributed by atoms with van der Waals surface area (Å²) in [5.41, 5.74) is 4.11. The standard InChI is InChI=1S/C11H12ClN3S/c1-15(6-10-7-16-8-14-10)5-9-2-3-11(12)13-4-9/h2-4,7-8H,5-6H2,1H3. The van der Waals surface area contributed by atoms with Gasteiger partial charge in [0, 0.05) is 24.7 Å². The van der Waals surface area contributed by atoms with E-state index in [1.807, 2.05) is 17.6 Å². The molecule has 0 aliphatic carbocycles. The van der Waals surface area contributed by atoms with Gasteiger partial charge in [0.25, 0.3) is 0 Å². The average Bonchev–Trinajstić information content (AvgIpc) is 2.74. The lowest BCUT2D eigenvalue weighted by Gasteiger charge is -2.14. The number of thiazole rings is 1. The van der Waals surface area contributed by atoms with E-state index in [0.29, 0.717) is 5.15 Å². The molecule has 0 N–H and O–H groups in total. The van der Waals surface area contributed by atoms with Gasteiger partial charge in [-0.05, 0) is 18.7 Å². The zero-order chi connectivity index (χ0) is 11.4. The monoisotopic (exact) mass is 253 g/mol. The van der Waals surface area contributed by atoms with Crippen molar-refractivity contribution in [2.45, 2.75) is 13.1 Å². The fourth-order valence-corrected chi connectivity index (χ4v) is 2.12. The van der Waals surface area contributed by atoms with Gasteiger partial charge in [-0.3, -0.25) is 4.90 Å². The van der Waals surface area contributed by atoms with Crippen LogP contribution in [-0.4, -0.2) is 21.9 Å². The number of hydrogen-bond acceptors (Lipinski definition) is 4. The number of rotatable bonds is 4. The molecule has 0 amide bonds. The average molecular weight is 254 g/mol. The minimum absolute atomic E-state index is 0.533. The highest BCUT2D eigenvalue weighted by Gasteiger charge is 2.03. The fraction of sp³-hybridized carbons (Fsp3) is 0.273. The van der Waals surface area contributed by atoms with Crippen molar-refractivity contribution in [1.82, 2.24) is 14.9 Å².